The van der Waals surface area contributed by atoms with Gasteiger partial charge in [-0.05, 0) is 24.6 Å². The van der Waals surface area contributed by atoms with Crippen LogP contribution in [0.4, 0.5) is 24.9 Å². The molecular weight excluding hydrogens is 489 g/mol. The summed E-state index contributed by atoms with van der Waals surface area (Å²) in [5.41, 5.74) is 2.64. The van der Waals surface area contributed by atoms with Gasteiger partial charge in [0.15, 0.2) is 11.5 Å². The molecule has 0 radical (unpaired) electrons. The van der Waals surface area contributed by atoms with Gasteiger partial charge in [0.2, 0.25) is 5.95 Å². The van der Waals surface area contributed by atoms with Crippen LogP contribution >= 0.6 is 0 Å². The molecule has 11 nitrogen and oxygen atoms in total. The van der Waals surface area contributed by atoms with E-state index >= 15 is 0 Å². The van der Waals surface area contributed by atoms with Gasteiger partial charge in [0.05, 0.1) is 31.0 Å². The van der Waals surface area contributed by atoms with Crippen LogP contribution in [0.3, 0.4) is 0 Å². The number of alkyl halides is 3. The fourth-order valence-electron chi connectivity index (χ4n) is 4.88. The van der Waals surface area contributed by atoms with Crippen LogP contribution in [0.15, 0.2) is 24.4 Å². The first-order valence-corrected chi connectivity index (χ1v) is 12.2. The minimum Gasteiger partial charge on any atom is -0.378 e. The number of hydrogen-bond acceptors (Lipinski definition) is 9. The molecule has 4 aromatic heterocycles. The molecule has 6 heterocycles. The fraction of sp³-hybridized carbons (Fsp3) is 0.522. The van der Waals surface area contributed by atoms with Crippen molar-refractivity contribution >= 4 is 28.4 Å². The van der Waals surface area contributed by atoms with Gasteiger partial charge < -0.3 is 15.4 Å². The highest BCUT2D eigenvalue weighted by molar-refractivity contribution is 5.89. The third-order valence-corrected chi connectivity index (χ3v) is 7.07. The Hall–Kier alpha value is -3.52. The normalized spacial score (nSPS) is 21.1. The Balaban J connectivity index is 1.29. The summed E-state index contributed by atoms with van der Waals surface area (Å²) >= 11 is 0. The van der Waals surface area contributed by atoms with Crippen LogP contribution in [-0.2, 0) is 4.74 Å². The first kappa shape index (κ1) is 23.9. The highest BCUT2D eigenvalue weighted by Gasteiger charge is 2.35. The van der Waals surface area contributed by atoms with Gasteiger partial charge in [0.1, 0.15) is 36.6 Å². The lowest BCUT2D eigenvalue weighted by molar-refractivity contribution is -0.0794. The maximum atomic E-state index is 15.0. The van der Waals surface area contributed by atoms with Crippen molar-refractivity contribution in [3.63, 3.8) is 0 Å². The molecule has 0 aliphatic carbocycles. The molecule has 0 bridgehead atoms. The summed E-state index contributed by atoms with van der Waals surface area (Å²) in [6.07, 6.45) is 1.34. The monoisotopic (exact) mass is 516 g/mol. The minimum atomic E-state index is -1.09. The molecule has 6 rings (SSSR count). The number of nitrogens with one attached hydrogen (secondary N) is 2. The number of aromatic nitrogens is 7. The molecule has 0 saturated carbocycles. The molecule has 37 heavy (non-hydrogen) atoms. The fourth-order valence-corrected chi connectivity index (χ4v) is 4.88. The Bertz CT molecular complexity index is 1400. The van der Waals surface area contributed by atoms with E-state index in [4.69, 9.17) is 4.74 Å². The Morgan fingerprint density at radius 3 is 2.70 bits per heavy atom. The number of ether oxygens (including phenoxy) is 1. The molecule has 2 atom stereocenters. The van der Waals surface area contributed by atoms with Crippen LogP contribution in [0.2, 0.25) is 0 Å². The molecule has 196 valence electrons. The summed E-state index contributed by atoms with van der Waals surface area (Å²) < 4.78 is 49.7. The Labute approximate surface area is 210 Å². The number of pyridine rings is 1. The molecule has 0 aromatic carbocycles. The number of piperidine rings is 1. The third-order valence-electron chi connectivity index (χ3n) is 7.07. The van der Waals surface area contributed by atoms with Gasteiger partial charge in [-0.15, -0.1) is 10.2 Å². The van der Waals surface area contributed by atoms with Gasteiger partial charge >= 0.3 is 0 Å². The predicted octanol–water partition coefficient (Wildman–Crippen LogP) is 2.28. The summed E-state index contributed by atoms with van der Waals surface area (Å²) in [4.78, 5) is 11.4. The van der Waals surface area contributed by atoms with E-state index in [1.54, 1.807) is 29.9 Å². The smallest absolute Gasteiger partial charge is 0.243 e. The van der Waals surface area contributed by atoms with Crippen LogP contribution < -0.4 is 10.6 Å². The quantitative estimate of drug-likeness (QED) is 0.364. The zero-order valence-corrected chi connectivity index (χ0v) is 20.2. The van der Waals surface area contributed by atoms with E-state index in [0.29, 0.717) is 66.3 Å². The Morgan fingerprint density at radius 1 is 1.16 bits per heavy atom. The van der Waals surface area contributed by atoms with Crippen molar-refractivity contribution in [1.29, 1.82) is 0 Å². The number of anilines is 2. The number of hydrogen-bond donors (Lipinski definition) is 2. The summed E-state index contributed by atoms with van der Waals surface area (Å²) in [5, 5.41) is 18.7. The SMILES string of the molecule is CNc1nc(N[C@H]2CCN(C3COC3)C[C@H]2F)nn2ccc(-c3ccc4nnn(C(CF)CF)c4n3)c12. The van der Waals surface area contributed by atoms with Crippen molar-refractivity contribution in [3.8, 4) is 11.3 Å². The van der Waals surface area contributed by atoms with Crippen LogP contribution in [0, 0.1) is 0 Å². The van der Waals surface area contributed by atoms with E-state index in [2.05, 4.69) is 40.9 Å². The highest BCUT2D eigenvalue weighted by Crippen LogP contribution is 2.31. The van der Waals surface area contributed by atoms with E-state index < -0.39 is 31.6 Å². The van der Waals surface area contributed by atoms with Gasteiger partial charge in [0, 0.05) is 31.9 Å². The van der Waals surface area contributed by atoms with Crippen molar-refractivity contribution in [2.24, 2.45) is 0 Å². The zero-order valence-electron chi connectivity index (χ0n) is 20.2. The number of fused-ring (bicyclic) bond motifs is 2. The summed E-state index contributed by atoms with van der Waals surface area (Å²) in [7, 11) is 1.74. The van der Waals surface area contributed by atoms with Gasteiger partial charge in [-0.1, -0.05) is 5.21 Å². The van der Waals surface area contributed by atoms with Gasteiger partial charge in [-0.2, -0.15) is 4.98 Å². The summed E-state index contributed by atoms with van der Waals surface area (Å²) in [6, 6.07) is 4.12. The second kappa shape index (κ2) is 9.74. The maximum Gasteiger partial charge on any atom is 0.243 e. The van der Waals surface area contributed by atoms with Crippen molar-refractivity contribution in [1.82, 2.24) is 39.5 Å². The molecule has 2 N–H and O–H groups in total. The maximum absolute atomic E-state index is 15.0. The molecule has 2 aliphatic rings. The van der Waals surface area contributed by atoms with E-state index in [9.17, 15) is 13.2 Å². The molecule has 2 saturated heterocycles. The molecule has 0 spiro atoms. The Kier molecular flexibility index (Phi) is 6.28. The van der Waals surface area contributed by atoms with E-state index in [1.807, 2.05) is 6.07 Å². The molecule has 0 amide bonds. The largest absolute Gasteiger partial charge is 0.378 e. The van der Waals surface area contributed by atoms with Gasteiger partial charge in [-0.25, -0.2) is 27.4 Å². The second-order valence-electron chi connectivity index (χ2n) is 9.33. The van der Waals surface area contributed by atoms with Crippen molar-refractivity contribution in [2.75, 3.05) is 57.3 Å². The number of likely N-dealkylation sites (tertiary alicyclic amines) is 1. The number of nitrogens with zero attached hydrogens (tertiary/aromatic N) is 8. The average molecular weight is 517 g/mol. The van der Waals surface area contributed by atoms with Crippen LogP contribution in [-0.4, -0.2) is 104 Å². The Morgan fingerprint density at radius 2 is 2.00 bits per heavy atom. The molecular formula is C23H27F3N10O. The molecule has 2 aliphatic heterocycles. The average Bonchev–Trinajstić information content (AvgIpc) is 3.49. The summed E-state index contributed by atoms with van der Waals surface area (Å²) in [5.74, 6) is 0.836. The molecule has 2 fully saturated rings. The first-order valence-electron chi connectivity index (χ1n) is 12.2. The lowest BCUT2D eigenvalue weighted by atomic mass is 10.0. The van der Waals surface area contributed by atoms with Crippen LogP contribution in [0.25, 0.3) is 27.9 Å². The number of rotatable bonds is 8. The van der Waals surface area contributed by atoms with E-state index in [1.165, 1.54) is 4.68 Å². The molecule has 4 aromatic rings. The standard InChI is InChI=1S/C23H27F3N10O/c1-27-21-20-15(17-2-3-19-22(28-17)36(33-31-19)13(8-24)9-25)4-7-35(20)32-23(30-21)29-18-5-6-34(10-16(18)26)14-11-37-12-14/h2-4,7,13-14,16,18H,5-6,8-12H2,1H3,(H2,27,29,30,32)/t16-,18+/m1/s1. The lowest BCUT2D eigenvalue weighted by Crippen LogP contribution is -2.57. The van der Waals surface area contributed by atoms with Gasteiger partial charge in [-0.3, -0.25) is 4.90 Å². The predicted molar refractivity (Wildman–Crippen MR) is 131 cm³/mol. The second-order valence-corrected chi connectivity index (χ2v) is 9.33. The first-order chi connectivity index (χ1) is 18.1. The van der Waals surface area contributed by atoms with Crippen LogP contribution in [0.5, 0.6) is 0 Å². The topological polar surface area (TPSA) is 110 Å². The van der Waals surface area contributed by atoms with E-state index in [0.717, 1.165) is 6.54 Å². The van der Waals surface area contributed by atoms with Crippen molar-refractivity contribution in [2.45, 2.75) is 30.7 Å². The third kappa shape index (κ3) is 4.23. The molecule has 0 unspecified atom stereocenters. The van der Waals surface area contributed by atoms with Gasteiger partial charge in [0.25, 0.3) is 0 Å². The van der Waals surface area contributed by atoms with Crippen LogP contribution in [0.1, 0.15) is 12.5 Å². The van der Waals surface area contributed by atoms with Crippen molar-refractivity contribution < 1.29 is 17.9 Å². The van der Waals surface area contributed by atoms with E-state index in [-0.39, 0.29) is 5.65 Å². The number of halogens is 3. The molecule has 14 heteroatoms. The minimum absolute atomic E-state index is 0.288. The zero-order chi connectivity index (χ0) is 25.5. The summed E-state index contributed by atoms with van der Waals surface area (Å²) in [6.45, 7) is 0.630. The lowest BCUT2D eigenvalue weighted by Gasteiger charge is -2.42. The van der Waals surface area contributed by atoms with Crippen molar-refractivity contribution in [3.05, 3.63) is 24.4 Å². The highest BCUT2D eigenvalue weighted by atomic mass is 19.1.